The first kappa shape index (κ1) is 9.64. The highest BCUT2D eigenvalue weighted by atomic mass is 16.5. The second-order valence-electron chi connectivity index (χ2n) is 3.00. The predicted octanol–water partition coefficient (Wildman–Crippen LogP) is 1.35. The first-order valence-electron chi connectivity index (χ1n) is 4.09. The number of ether oxygens (including phenoxy) is 1. The van der Waals surface area contributed by atoms with Gasteiger partial charge in [0, 0.05) is 5.69 Å². The first-order chi connectivity index (χ1) is 6.09. The zero-order valence-corrected chi connectivity index (χ0v) is 7.94. The van der Waals surface area contributed by atoms with E-state index in [4.69, 9.17) is 4.74 Å². The van der Waals surface area contributed by atoms with Crippen LogP contribution in [0.4, 0.5) is 0 Å². The quantitative estimate of drug-likeness (QED) is 0.644. The average molecular weight is 180 g/mol. The molecule has 4 nitrogen and oxygen atoms in total. The number of nitrogens with zero attached hydrogens (tertiary/aromatic N) is 2. The van der Waals surface area contributed by atoms with E-state index in [9.17, 15) is 4.79 Å². The van der Waals surface area contributed by atoms with Crippen molar-refractivity contribution in [3.63, 3.8) is 0 Å². The summed E-state index contributed by atoms with van der Waals surface area (Å²) in [7, 11) is 0. The van der Waals surface area contributed by atoms with Gasteiger partial charge in [-0.05, 0) is 26.8 Å². The highest BCUT2D eigenvalue weighted by Gasteiger charge is 2.10. The van der Waals surface area contributed by atoms with Crippen LogP contribution in [0.15, 0.2) is 12.4 Å². The largest absolute Gasteiger partial charge is 0.458 e. The van der Waals surface area contributed by atoms with Gasteiger partial charge in [-0.1, -0.05) is 0 Å². The van der Waals surface area contributed by atoms with Crippen molar-refractivity contribution in [3.8, 4) is 0 Å². The molecule has 0 aliphatic rings. The monoisotopic (exact) mass is 180 g/mol. The lowest BCUT2D eigenvalue weighted by molar-refractivity contribution is 0.0370. The molecule has 1 aromatic heterocycles. The highest BCUT2D eigenvalue weighted by molar-refractivity contribution is 5.87. The standard InChI is InChI=1S/C9H12N2O2/c1-6(2)13-9(12)8-4-7(3)10-5-11-8/h4-6H,1-3H3. The first-order valence-corrected chi connectivity index (χ1v) is 4.09. The Balaban J connectivity index is 2.77. The van der Waals surface area contributed by atoms with Crippen LogP contribution >= 0.6 is 0 Å². The van der Waals surface area contributed by atoms with E-state index in [-0.39, 0.29) is 6.10 Å². The second-order valence-corrected chi connectivity index (χ2v) is 3.00. The Labute approximate surface area is 77.0 Å². The third-order valence-electron chi connectivity index (χ3n) is 1.36. The van der Waals surface area contributed by atoms with E-state index in [0.29, 0.717) is 5.69 Å². The number of carbonyl (C=O) groups is 1. The fourth-order valence-corrected chi connectivity index (χ4v) is 0.841. The maximum atomic E-state index is 11.3. The van der Waals surface area contributed by atoms with Crippen molar-refractivity contribution in [2.45, 2.75) is 26.9 Å². The van der Waals surface area contributed by atoms with Crippen LogP contribution in [0.5, 0.6) is 0 Å². The lowest BCUT2D eigenvalue weighted by Gasteiger charge is -2.06. The molecular formula is C9H12N2O2. The van der Waals surface area contributed by atoms with Crippen molar-refractivity contribution in [2.24, 2.45) is 0 Å². The molecule has 0 N–H and O–H groups in total. The minimum Gasteiger partial charge on any atom is -0.458 e. The molecule has 1 rings (SSSR count). The predicted molar refractivity (Wildman–Crippen MR) is 47.3 cm³/mol. The Morgan fingerprint density at radius 3 is 2.69 bits per heavy atom. The van der Waals surface area contributed by atoms with E-state index in [1.807, 2.05) is 0 Å². The summed E-state index contributed by atoms with van der Waals surface area (Å²) in [5, 5.41) is 0. The van der Waals surface area contributed by atoms with Gasteiger partial charge in [0.15, 0.2) is 5.69 Å². The summed E-state index contributed by atoms with van der Waals surface area (Å²) in [6, 6.07) is 1.60. The molecule has 0 radical (unpaired) electrons. The van der Waals surface area contributed by atoms with Crippen LogP contribution < -0.4 is 0 Å². The summed E-state index contributed by atoms with van der Waals surface area (Å²) >= 11 is 0. The summed E-state index contributed by atoms with van der Waals surface area (Å²) in [5.41, 5.74) is 1.06. The average Bonchev–Trinajstić information content (AvgIpc) is 2.03. The number of rotatable bonds is 2. The Hall–Kier alpha value is -1.45. The van der Waals surface area contributed by atoms with Crippen LogP contribution in [0.1, 0.15) is 30.0 Å². The van der Waals surface area contributed by atoms with Crippen molar-refractivity contribution in [2.75, 3.05) is 0 Å². The fourth-order valence-electron chi connectivity index (χ4n) is 0.841. The Bertz CT molecular complexity index is 310. The second kappa shape index (κ2) is 3.98. The Kier molecular flexibility index (Phi) is 2.95. The molecule has 0 fully saturated rings. The van der Waals surface area contributed by atoms with Crippen molar-refractivity contribution in [1.82, 2.24) is 9.97 Å². The fraction of sp³-hybridized carbons (Fsp3) is 0.444. The maximum Gasteiger partial charge on any atom is 0.357 e. The summed E-state index contributed by atoms with van der Waals surface area (Å²) in [6.45, 7) is 5.39. The van der Waals surface area contributed by atoms with E-state index in [1.165, 1.54) is 6.33 Å². The van der Waals surface area contributed by atoms with Crippen LogP contribution in [0.2, 0.25) is 0 Å². The van der Waals surface area contributed by atoms with Crippen LogP contribution in [0, 0.1) is 6.92 Å². The van der Waals surface area contributed by atoms with Gasteiger partial charge in [-0.15, -0.1) is 0 Å². The lowest BCUT2D eigenvalue weighted by atomic mass is 10.3. The maximum absolute atomic E-state index is 11.3. The molecule has 0 saturated heterocycles. The molecule has 1 aromatic rings. The van der Waals surface area contributed by atoms with Gasteiger partial charge in [0.05, 0.1) is 6.10 Å². The lowest BCUT2D eigenvalue weighted by Crippen LogP contribution is -2.13. The molecule has 0 unspecified atom stereocenters. The van der Waals surface area contributed by atoms with Gasteiger partial charge in [-0.25, -0.2) is 14.8 Å². The van der Waals surface area contributed by atoms with E-state index in [0.717, 1.165) is 5.69 Å². The van der Waals surface area contributed by atoms with Gasteiger partial charge < -0.3 is 4.74 Å². The molecule has 0 aliphatic heterocycles. The van der Waals surface area contributed by atoms with Gasteiger partial charge >= 0.3 is 5.97 Å². The minimum atomic E-state index is -0.402. The number of esters is 1. The van der Waals surface area contributed by atoms with Crippen molar-refractivity contribution < 1.29 is 9.53 Å². The van der Waals surface area contributed by atoms with Gasteiger partial charge in [0.2, 0.25) is 0 Å². The molecule has 70 valence electrons. The SMILES string of the molecule is Cc1cc(C(=O)OC(C)C)ncn1. The highest BCUT2D eigenvalue weighted by Crippen LogP contribution is 2.01. The molecule has 0 aromatic carbocycles. The minimum absolute atomic E-state index is 0.122. The molecule has 1 heterocycles. The normalized spacial score (nSPS) is 10.2. The molecular weight excluding hydrogens is 168 g/mol. The molecule has 4 heteroatoms. The molecule has 0 saturated carbocycles. The number of aromatic nitrogens is 2. The molecule has 13 heavy (non-hydrogen) atoms. The van der Waals surface area contributed by atoms with Crippen LogP contribution in [-0.4, -0.2) is 22.0 Å². The summed E-state index contributed by atoms with van der Waals surface area (Å²) < 4.78 is 4.96. The van der Waals surface area contributed by atoms with E-state index >= 15 is 0 Å². The molecule has 0 spiro atoms. The van der Waals surface area contributed by atoms with Crippen molar-refractivity contribution in [3.05, 3.63) is 23.8 Å². The van der Waals surface area contributed by atoms with Gasteiger partial charge in [-0.3, -0.25) is 0 Å². The summed E-state index contributed by atoms with van der Waals surface area (Å²) in [5.74, 6) is -0.402. The van der Waals surface area contributed by atoms with E-state index < -0.39 is 5.97 Å². The van der Waals surface area contributed by atoms with Crippen LogP contribution in [0.3, 0.4) is 0 Å². The number of hydrogen-bond acceptors (Lipinski definition) is 4. The Morgan fingerprint density at radius 1 is 1.46 bits per heavy atom. The van der Waals surface area contributed by atoms with E-state index in [1.54, 1.807) is 26.8 Å². The Morgan fingerprint density at radius 2 is 2.15 bits per heavy atom. The zero-order valence-electron chi connectivity index (χ0n) is 7.94. The van der Waals surface area contributed by atoms with Gasteiger partial charge in [0.25, 0.3) is 0 Å². The van der Waals surface area contributed by atoms with Crippen molar-refractivity contribution in [1.29, 1.82) is 0 Å². The number of hydrogen-bond donors (Lipinski definition) is 0. The molecule has 0 amide bonds. The summed E-state index contributed by atoms with van der Waals surface area (Å²) in [6.07, 6.45) is 1.23. The molecule has 0 atom stereocenters. The van der Waals surface area contributed by atoms with E-state index in [2.05, 4.69) is 9.97 Å². The number of carbonyl (C=O) groups excluding carboxylic acids is 1. The van der Waals surface area contributed by atoms with Gasteiger partial charge in [0.1, 0.15) is 6.33 Å². The smallest absolute Gasteiger partial charge is 0.357 e. The van der Waals surface area contributed by atoms with Crippen LogP contribution in [0.25, 0.3) is 0 Å². The van der Waals surface area contributed by atoms with Gasteiger partial charge in [-0.2, -0.15) is 0 Å². The number of aryl methyl sites for hydroxylation is 1. The topological polar surface area (TPSA) is 52.1 Å². The molecule has 0 aliphatic carbocycles. The molecule has 0 bridgehead atoms. The summed E-state index contributed by atoms with van der Waals surface area (Å²) in [4.78, 5) is 19.0. The third-order valence-corrected chi connectivity index (χ3v) is 1.36. The zero-order chi connectivity index (χ0) is 9.84. The third kappa shape index (κ3) is 2.82. The van der Waals surface area contributed by atoms with Crippen LogP contribution in [-0.2, 0) is 4.74 Å². The van der Waals surface area contributed by atoms with Crippen molar-refractivity contribution >= 4 is 5.97 Å².